The summed E-state index contributed by atoms with van der Waals surface area (Å²) in [6.07, 6.45) is 9.18. The fourth-order valence-electron chi connectivity index (χ4n) is 11.7. The average Bonchev–Trinajstić information content (AvgIpc) is 3.69. The number of anilines is 6. The van der Waals surface area contributed by atoms with Gasteiger partial charge in [0, 0.05) is 39.0 Å². The molecule has 0 aromatic heterocycles. The van der Waals surface area contributed by atoms with E-state index in [2.05, 4.69) is 314 Å². The van der Waals surface area contributed by atoms with E-state index in [0.717, 1.165) is 34.1 Å². The van der Waals surface area contributed by atoms with Gasteiger partial charge in [-0.1, -0.05) is 176 Å². The molecule has 2 nitrogen and oxygen atoms in total. The van der Waals surface area contributed by atoms with Gasteiger partial charge >= 0.3 is 0 Å². The highest BCUT2D eigenvalue weighted by Crippen LogP contribution is 2.50. The molecule has 0 saturated carbocycles. The van der Waals surface area contributed by atoms with Crippen LogP contribution < -0.4 is 9.80 Å². The van der Waals surface area contributed by atoms with Crippen LogP contribution in [0.1, 0.15) is 0 Å². The van der Waals surface area contributed by atoms with Crippen molar-refractivity contribution in [2.24, 2.45) is 0 Å². The second-order valence-corrected chi connectivity index (χ2v) is 25.8. The van der Waals surface area contributed by atoms with E-state index in [1.54, 1.807) is 11.8 Å². The molecule has 13 aromatic rings. The smallest absolute Gasteiger partial charge is 0.0462 e. The molecule has 0 bridgehead atoms. The van der Waals surface area contributed by atoms with Gasteiger partial charge < -0.3 is 9.80 Å². The largest absolute Gasteiger partial charge is 0.311 e. The number of hydrogen-bond acceptors (Lipinski definition) is 3. The molecule has 0 radical (unpaired) electrons. The van der Waals surface area contributed by atoms with Crippen LogP contribution in [0.15, 0.2) is 289 Å². The Morgan fingerprint density at radius 3 is 0.833 bits per heavy atom. The summed E-state index contributed by atoms with van der Waals surface area (Å²) >= 11 is 1.76. The van der Waals surface area contributed by atoms with E-state index < -0.39 is 10.0 Å². The van der Waals surface area contributed by atoms with Crippen molar-refractivity contribution in [3.63, 3.8) is 0 Å². The Labute approximate surface area is 464 Å². The summed E-state index contributed by atoms with van der Waals surface area (Å²) in [6.45, 7) is 0. The van der Waals surface area contributed by atoms with Gasteiger partial charge in [0.1, 0.15) is 0 Å². The first-order valence-corrected chi connectivity index (χ1v) is 30.7. The SMILES string of the molecule is CSc1ccc(N(c2ccccc2)c2ccc(-c3c4ccccc4c(-c4cccc(-c5c6ccccc6c(-c6ccc(N(c7ccccc7)c7ccc(S(C)(C)C)cc7)cc6)c6ccccc56)c4)c4ccccc34)cc2)cc1. The first-order valence-electron chi connectivity index (χ1n) is 26.6. The summed E-state index contributed by atoms with van der Waals surface area (Å²) in [5, 5.41) is 9.85. The standard InChI is InChI=1S/C74H58N2S2/c1-77-61-46-42-59(43-47-61)75(55-22-7-5-8-23-55)57-38-34-51(35-39-57)71-63-26-11-15-30-67(63)73(68-31-16-12-27-64(68)71)53-20-19-21-54(50-53)74-69-32-17-13-28-65(69)72(66-29-14-18-33-70(66)74)52-36-40-58(41-37-52)76(56-24-9-6-10-25-56)60-44-48-62(49-45-60)78(2,3)4/h5-50H,1-4H3. The van der Waals surface area contributed by atoms with Gasteiger partial charge in [0.2, 0.25) is 0 Å². The predicted molar refractivity (Wildman–Crippen MR) is 343 cm³/mol. The van der Waals surface area contributed by atoms with Gasteiger partial charge in [0.05, 0.1) is 0 Å². The fraction of sp³-hybridized carbons (Fsp3) is 0.0541. The maximum atomic E-state index is 2.43. The van der Waals surface area contributed by atoms with Gasteiger partial charge in [0.15, 0.2) is 0 Å². The van der Waals surface area contributed by atoms with E-state index >= 15 is 0 Å². The van der Waals surface area contributed by atoms with Crippen molar-refractivity contribution in [2.75, 3.05) is 34.8 Å². The number of thioether (sulfide) groups is 1. The van der Waals surface area contributed by atoms with Gasteiger partial charge in [-0.15, -0.1) is 11.8 Å². The molecule has 4 heteroatoms. The molecule has 0 atom stereocenters. The van der Waals surface area contributed by atoms with E-state index in [4.69, 9.17) is 0 Å². The van der Waals surface area contributed by atoms with E-state index in [-0.39, 0.29) is 0 Å². The normalized spacial score (nSPS) is 11.8. The molecule has 13 aromatic carbocycles. The lowest BCUT2D eigenvalue weighted by molar-refractivity contribution is 1.27. The Kier molecular flexibility index (Phi) is 12.9. The van der Waals surface area contributed by atoms with E-state index in [9.17, 15) is 0 Å². The second-order valence-electron chi connectivity index (χ2n) is 20.7. The molecule has 0 aliphatic heterocycles. The zero-order valence-electron chi connectivity index (χ0n) is 44.3. The maximum Gasteiger partial charge on any atom is 0.0462 e. The molecule has 0 amide bonds. The summed E-state index contributed by atoms with van der Waals surface area (Å²) in [7, 11) is -0.846. The van der Waals surface area contributed by atoms with Crippen molar-refractivity contribution in [3.8, 4) is 44.5 Å². The quantitative estimate of drug-likeness (QED) is 0.0889. The lowest BCUT2D eigenvalue weighted by atomic mass is 9.83. The number of hydrogen-bond donors (Lipinski definition) is 0. The van der Waals surface area contributed by atoms with Crippen LogP contribution in [-0.2, 0) is 0 Å². The molecule has 0 aliphatic rings. The molecule has 13 rings (SSSR count). The average molecular weight is 1040 g/mol. The maximum absolute atomic E-state index is 2.43. The van der Waals surface area contributed by atoms with Crippen LogP contribution in [0, 0.1) is 0 Å². The molecule has 0 aliphatic carbocycles. The van der Waals surface area contributed by atoms with Crippen molar-refractivity contribution in [1.82, 2.24) is 0 Å². The molecule has 0 heterocycles. The Morgan fingerprint density at radius 2 is 0.526 bits per heavy atom. The molecule has 0 saturated heterocycles. The fourth-order valence-corrected chi connectivity index (χ4v) is 13.0. The number of fused-ring (bicyclic) bond motifs is 4. The summed E-state index contributed by atoms with van der Waals surface area (Å²) in [6, 6.07) is 103. The molecule has 0 fully saturated rings. The van der Waals surface area contributed by atoms with Crippen molar-refractivity contribution >= 4 is 99.0 Å². The van der Waals surface area contributed by atoms with Crippen molar-refractivity contribution in [2.45, 2.75) is 9.79 Å². The van der Waals surface area contributed by atoms with Crippen LogP contribution in [0.2, 0.25) is 0 Å². The van der Waals surface area contributed by atoms with Gasteiger partial charge in [-0.25, -0.2) is 10.0 Å². The number of benzene rings is 13. The number of rotatable bonds is 12. The van der Waals surface area contributed by atoms with Gasteiger partial charge in [-0.05, 0) is 221 Å². The third-order valence-electron chi connectivity index (χ3n) is 15.3. The Hall–Kier alpha value is -8.80. The molecule has 0 unspecified atom stereocenters. The minimum Gasteiger partial charge on any atom is -0.311 e. The number of nitrogens with zero attached hydrogens (tertiary/aromatic N) is 2. The third-order valence-corrected chi connectivity index (χ3v) is 17.7. The highest BCUT2D eigenvalue weighted by Gasteiger charge is 2.22. The van der Waals surface area contributed by atoms with Crippen LogP contribution in [0.25, 0.3) is 87.6 Å². The summed E-state index contributed by atoms with van der Waals surface area (Å²) in [5.41, 5.74) is 16.5. The zero-order chi connectivity index (χ0) is 52.7. The Bertz CT molecular complexity index is 4190. The first kappa shape index (κ1) is 48.8. The van der Waals surface area contributed by atoms with Crippen LogP contribution >= 0.6 is 21.8 Å². The zero-order valence-corrected chi connectivity index (χ0v) is 45.9. The van der Waals surface area contributed by atoms with Crippen LogP contribution in [0.4, 0.5) is 34.1 Å². The molecule has 78 heavy (non-hydrogen) atoms. The minimum absolute atomic E-state index is 0.846. The highest BCUT2D eigenvalue weighted by atomic mass is 32.3. The van der Waals surface area contributed by atoms with E-state index in [0.29, 0.717) is 0 Å². The van der Waals surface area contributed by atoms with Crippen molar-refractivity contribution in [1.29, 1.82) is 0 Å². The molecular formula is C74H58N2S2. The van der Waals surface area contributed by atoms with Crippen LogP contribution in [-0.4, -0.2) is 25.0 Å². The van der Waals surface area contributed by atoms with Crippen molar-refractivity contribution < 1.29 is 0 Å². The summed E-state index contributed by atoms with van der Waals surface area (Å²) in [4.78, 5) is 7.35. The molecule has 376 valence electrons. The van der Waals surface area contributed by atoms with Crippen LogP contribution in [0.3, 0.4) is 0 Å². The predicted octanol–water partition coefficient (Wildman–Crippen LogP) is 21.7. The van der Waals surface area contributed by atoms with Crippen molar-refractivity contribution in [3.05, 3.63) is 279 Å². The van der Waals surface area contributed by atoms with Crippen LogP contribution in [0.5, 0.6) is 0 Å². The van der Waals surface area contributed by atoms with E-state index in [1.165, 1.54) is 97.4 Å². The first-order chi connectivity index (χ1) is 38.3. The molecule has 0 spiro atoms. The lowest BCUT2D eigenvalue weighted by Gasteiger charge is -2.29. The topological polar surface area (TPSA) is 6.48 Å². The second kappa shape index (κ2) is 20.6. The third kappa shape index (κ3) is 8.97. The van der Waals surface area contributed by atoms with Gasteiger partial charge in [-0.2, -0.15) is 0 Å². The highest BCUT2D eigenvalue weighted by molar-refractivity contribution is 8.32. The Morgan fingerprint density at radius 1 is 0.256 bits per heavy atom. The molecule has 0 N–H and O–H groups in total. The lowest BCUT2D eigenvalue weighted by Crippen LogP contribution is -2.10. The summed E-state index contributed by atoms with van der Waals surface area (Å²) in [5.74, 6) is 0. The van der Waals surface area contributed by atoms with E-state index in [1.807, 2.05) is 0 Å². The number of para-hydroxylation sites is 2. The monoisotopic (exact) mass is 1040 g/mol. The summed E-state index contributed by atoms with van der Waals surface area (Å²) < 4.78 is 0. The van der Waals surface area contributed by atoms with Gasteiger partial charge in [0.25, 0.3) is 0 Å². The van der Waals surface area contributed by atoms with Gasteiger partial charge in [-0.3, -0.25) is 0 Å². The molecular weight excluding hydrogens is 981 g/mol. The Balaban J connectivity index is 0.913. The minimum atomic E-state index is -0.846.